The van der Waals surface area contributed by atoms with Crippen LogP contribution in [0.25, 0.3) is 5.65 Å². The molecule has 0 saturated heterocycles. The van der Waals surface area contributed by atoms with Gasteiger partial charge in [0.25, 0.3) is 0 Å². The zero-order valence-corrected chi connectivity index (χ0v) is 11.2. The molecule has 90 valence electrons. The Labute approximate surface area is 109 Å². The normalized spacial score (nSPS) is 15.4. The molecule has 0 radical (unpaired) electrons. The van der Waals surface area contributed by atoms with Crippen LogP contribution in [0.1, 0.15) is 25.7 Å². The summed E-state index contributed by atoms with van der Waals surface area (Å²) in [6.07, 6.45) is 11.0. The average molecular weight is 295 g/mol. The van der Waals surface area contributed by atoms with Crippen molar-refractivity contribution in [2.45, 2.75) is 25.7 Å². The van der Waals surface area contributed by atoms with E-state index in [1.165, 1.54) is 25.7 Å². The number of nitrogens with zero attached hydrogens (tertiary/aromatic N) is 3. The first kappa shape index (κ1) is 11.0. The maximum atomic E-state index is 4.43. The van der Waals surface area contributed by atoms with Crippen LogP contribution < -0.4 is 5.32 Å². The fourth-order valence-corrected chi connectivity index (χ4v) is 2.42. The Morgan fingerprint density at radius 2 is 2.35 bits per heavy atom. The summed E-state index contributed by atoms with van der Waals surface area (Å²) >= 11 is 3.41. The fourth-order valence-electron chi connectivity index (χ4n) is 2.02. The van der Waals surface area contributed by atoms with Crippen molar-refractivity contribution >= 4 is 27.4 Å². The van der Waals surface area contributed by atoms with E-state index in [4.69, 9.17) is 0 Å². The first-order chi connectivity index (χ1) is 8.33. The summed E-state index contributed by atoms with van der Waals surface area (Å²) in [7, 11) is 0. The molecule has 1 fully saturated rings. The Hall–Kier alpha value is -1.10. The van der Waals surface area contributed by atoms with Gasteiger partial charge in [-0.25, -0.2) is 9.97 Å². The summed E-state index contributed by atoms with van der Waals surface area (Å²) in [5.74, 6) is 1.86. The largest absolute Gasteiger partial charge is 0.367 e. The second-order valence-corrected chi connectivity index (χ2v) is 5.40. The van der Waals surface area contributed by atoms with E-state index in [-0.39, 0.29) is 0 Å². The molecular weight excluding hydrogens is 280 g/mol. The summed E-state index contributed by atoms with van der Waals surface area (Å²) in [5, 5.41) is 3.37. The Kier molecular flexibility index (Phi) is 3.01. The van der Waals surface area contributed by atoms with Gasteiger partial charge in [-0.2, -0.15) is 0 Å². The zero-order valence-electron chi connectivity index (χ0n) is 9.56. The zero-order chi connectivity index (χ0) is 11.7. The quantitative estimate of drug-likeness (QED) is 0.862. The van der Waals surface area contributed by atoms with E-state index in [1.54, 1.807) is 6.20 Å². The molecule has 2 heterocycles. The SMILES string of the molecule is Brc1cn2ccnc2c(NCCCC2CC2)n1. The van der Waals surface area contributed by atoms with Gasteiger partial charge in [0.05, 0.1) is 0 Å². The van der Waals surface area contributed by atoms with Crippen LogP contribution >= 0.6 is 15.9 Å². The van der Waals surface area contributed by atoms with Crippen molar-refractivity contribution in [3.63, 3.8) is 0 Å². The van der Waals surface area contributed by atoms with Gasteiger partial charge in [0.2, 0.25) is 0 Å². The standard InChI is InChI=1S/C12H15BrN4/c13-10-8-17-7-6-15-12(17)11(16-10)14-5-1-2-9-3-4-9/h6-9H,1-5H2,(H,14,16). The van der Waals surface area contributed by atoms with Crippen LogP contribution in [-0.2, 0) is 0 Å². The maximum absolute atomic E-state index is 4.43. The van der Waals surface area contributed by atoms with Crippen LogP contribution in [0.4, 0.5) is 5.82 Å². The van der Waals surface area contributed by atoms with Gasteiger partial charge in [-0.05, 0) is 34.7 Å². The molecule has 0 amide bonds. The average Bonchev–Trinajstić information content (AvgIpc) is 3.01. The first-order valence-corrected chi connectivity index (χ1v) is 6.85. The van der Waals surface area contributed by atoms with Crippen molar-refractivity contribution in [3.05, 3.63) is 23.2 Å². The monoisotopic (exact) mass is 294 g/mol. The molecule has 0 unspecified atom stereocenters. The lowest BCUT2D eigenvalue weighted by Crippen LogP contribution is -2.06. The summed E-state index contributed by atoms with van der Waals surface area (Å²) in [5.41, 5.74) is 0.889. The van der Waals surface area contributed by atoms with Gasteiger partial charge in [0.15, 0.2) is 11.5 Å². The van der Waals surface area contributed by atoms with Crippen LogP contribution in [0, 0.1) is 5.92 Å². The Bertz CT molecular complexity index is 518. The van der Waals surface area contributed by atoms with Gasteiger partial charge in [-0.3, -0.25) is 0 Å². The molecule has 4 nitrogen and oxygen atoms in total. The minimum atomic E-state index is 0.827. The molecule has 0 bridgehead atoms. The van der Waals surface area contributed by atoms with Gasteiger partial charge < -0.3 is 9.72 Å². The topological polar surface area (TPSA) is 42.2 Å². The van der Waals surface area contributed by atoms with E-state index in [9.17, 15) is 0 Å². The molecule has 5 heteroatoms. The van der Waals surface area contributed by atoms with Crippen molar-refractivity contribution in [1.29, 1.82) is 0 Å². The highest BCUT2D eigenvalue weighted by Crippen LogP contribution is 2.33. The smallest absolute Gasteiger partial charge is 0.180 e. The lowest BCUT2D eigenvalue weighted by Gasteiger charge is -2.07. The van der Waals surface area contributed by atoms with Crippen molar-refractivity contribution < 1.29 is 0 Å². The number of imidazole rings is 1. The van der Waals surface area contributed by atoms with E-state index < -0.39 is 0 Å². The summed E-state index contributed by atoms with van der Waals surface area (Å²) in [6.45, 7) is 0.975. The molecule has 1 aliphatic carbocycles. The number of hydrogen-bond acceptors (Lipinski definition) is 3. The van der Waals surface area contributed by atoms with Gasteiger partial charge >= 0.3 is 0 Å². The van der Waals surface area contributed by atoms with Crippen molar-refractivity contribution in [1.82, 2.24) is 14.4 Å². The summed E-state index contributed by atoms with van der Waals surface area (Å²) in [4.78, 5) is 8.73. The van der Waals surface area contributed by atoms with Crippen molar-refractivity contribution in [2.24, 2.45) is 5.92 Å². The summed E-state index contributed by atoms with van der Waals surface area (Å²) < 4.78 is 2.80. The van der Waals surface area contributed by atoms with Crippen molar-refractivity contribution in [2.75, 3.05) is 11.9 Å². The predicted molar refractivity (Wildman–Crippen MR) is 71.1 cm³/mol. The highest BCUT2D eigenvalue weighted by atomic mass is 79.9. The number of fused-ring (bicyclic) bond motifs is 1. The molecule has 1 aliphatic rings. The number of anilines is 1. The Balaban J connectivity index is 1.67. The number of hydrogen-bond donors (Lipinski definition) is 1. The van der Waals surface area contributed by atoms with Crippen molar-refractivity contribution in [3.8, 4) is 0 Å². The first-order valence-electron chi connectivity index (χ1n) is 6.06. The Morgan fingerprint density at radius 1 is 1.47 bits per heavy atom. The lowest BCUT2D eigenvalue weighted by atomic mass is 10.2. The fraction of sp³-hybridized carbons (Fsp3) is 0.500. The van der Waals surface area contributed by atoms with E-state index >= 15 is 0 Å². The number of nitrogens with one attached hydrogen (secondary N) is 1. The van der Waals surface area contributed by atoms with Gasteiger partial charge in [-0.15, -0.1) is 0 Å². The van der Waals surface area contributed by atoms with Gasteiger partial charge in [0.1, 0.15) is 4.60 Å². The highest BCUT2D eigenvalue weighted by Gasteiger charge is 2.20. The molecule has 0 aliphatic heterocycles. The maximum Gasteiger partial charge on any atom is 0.180 e. The molecular formula is C12H15BrN4. The summed E-state index contributed by atoms with van der Waals surface area (Å²) in [6, 6.07) is 0. The minimum absolute atomic E-state index is 0.827. The third kappa shape index (κ3) is 2.60. The van der Waals surface area contributed by atoms with E-state index in [2.05, 4.69) is 31.2 Å². The molecule has 2 aromatic rings. The third-order valence-corrected chi connectivity index (χ3v) is 3.51. The van der Waals surface area contributed by atoms with E-state index in [0.29, 0.717) is 0 Å². The predicted octanol–water partition coefficient (Wildman–Crippen LogP) is 3.09. The lowest BCUT2D eigenvalue weighted by molar-refractivity contribution is 0.686. The van der Waals surface area contributed by atoms with Crippen LogP contribution in [0.2, 0.25) is 0 Å². The second kappa shape index (κ2) is 4.64. The highest BCUT2D eigenvalue weighted by molar-refractivity contribution is 9.10. The van der Waals surface area contributed by atoms with E-state index in [1.807, 2.05) is 16.8 Å². The molecule has 0 atom stereocenters. The van der Waals surface area contributed by atoms with Gasteiger partial charge in [0, 0.05) is 25.1 Å². The molecule has 2 aromatic heterocycles. The Morgan fingerprint density at radius 3 is 3.18 bits per heavy atom. The van der Waals surface area contributed by atoms with Crippen LogP contribution in [0.15, 0.2) is 23.2 Å². The minimum Gasteiger partial charge on any atom is -0.367 e. The number of rotatable bonds is 5. The third-order valence-electron chi connectivity index (χ3n) is 3.12. The molecule has 0 aromatic carbocycles. The number of halogens is 1. The molecule has 3 rings (SSSR count). The van der Waals surface area contributed by atoms with Crippen LogP contribution in [0.3, 0.4) is 0 Å². The van der Waals surface area contributed by atoms with Gasteiger partial charge in [-0.1, -0.05) is 12.8 Å². The molecule has 1 saturated carbocycles. The number of aromatic nitrogens is 3. The van der Waals surface area contributed by atoms with E-state index in [0.717, 1.165) is 28.5 Å². The molecule has 1 N–H and O–H groups in total. The second-order valence-electron chi connectivity index (χ2n) is 4.58. The molecule has 0 spiro atoms. The van der Waals surface area contributed by atoms with Crippen LogP contribution in [0.5, 0.6) is 0 Å². The molecule has 17 heavy (non-hydrogen) atoms. The van der Waals surface area contributed by atoms with Crippen LogP contribution in [-0.4, -0.2) is 20.9 Å².